The Bertz CT molecular complexity index is 1490. The maximum Gasteiger partial charge on any atom is 0.261 e. The fraction of sp³-hybridized carbons (Fsp3) is 0.138. The molecule has 3 heterocycles. The van der Waals surface area contributed by atoms with Crippen LogP contribution in [0.25, 0.3) is 0 Å². The van der Waals surface area contributed by atoms with Crippen LogP contribution >= 0.6 is 0 Å². The van der Waals surface area contributed by atoms with E-state index < -0.39 is 11.8 Å². The van der Waals surface area contributed by atoms with Crippen LogP contribution in [0, 0.1) is 0 Å². The van der Waals surface area contributed by atoms with E-state index >= 15 is 0 Å². The topological polar surface area (TPSA) is 82.9 Å². The Kier molecular flexibility index (Phi) is 5.37. The summed E-state index contributed by atoms with van der Waals surface area (Å²) < 4.78 is 5.28. The Labute approximate surface area is 207 Å². The molecule has 0 atom stereocenters. The van der Waals surface area contributed by atoms with Crippen molar-refractivity contribution < 1.29 is 18.8 Å². The van der Waals surface area contributed by atoms with Crippen LogP contribution in [0.2, 0.25) is 0 Å². The number of nitrogens with zero attached hydrogens (tertiary/aromatic N) is 2. The number of carbonyl (C=O) groups excluding carboxylic acids is 3. The average molecular weight is 478 g/mol. The lowest BCUT2D eigenvalue weighted by Gasteiger charge is -2.21. The maximum absolute atomic E-state index is 13.2. The fourth-order valence-corrected chi connectivity index (χ4v) is 4.88. The molecule has 0 aliphatic carbocycles. The quantitative estimate of drug-likeness (QED) is 0.400. The Balaban J connectivity index is 1.21. The lowest BCUT2D eigenvalue weighted by Crippen LogP contribution is -2.28. The van der Waals surface area contributed by atoms with Crippen molar-refractivity contribution in [2.45, 2.75) is 19.5 Å². The Morgan fingerprint density at radius 1 is 0.861 bits per heavy atom. The molecule has 0 bridgehead atoms. The number of imide groups is 1. The number of carbonyl (C=O) groups is 3. The summed E-state index contributed by atoms with van der Waals surface area (Å²) in [4.78, 5) is 42.3. The molecule has 0 saturated carbocycles. The summed E-state index contributed by atoms with van der Waals surface area (Å²) in [7, 11) is 0. The monoisotopic (exact) mass is 477 g/mol. The first kappa shape index (κ1) is 21.9. The predicted octanol–water partition coefficient (Wildman–Crippen LogP) is 4.89. The Morgan fingerprint density at radius 2 is 1.67 bits per heavy atom. The Hall–Kier alpha value is -4.65. The van der Waals surface area contributed by atoms with E-state index in [0.29, 0.717) is 23.6 Å². The molecule has 3 aromatic carbocycles. The van der Waals surface area contributed by atoms with E-state index in [-0.39, 0.29) is 23.6 Å². The van der Waals surface area contributed by atoms with E-state index in [9.17, 15) is 14.4 Å². The third-order valence-electron chi connectivity index (χ3n) is 6.74. The molecule has 3 amide bonds. The normalized spacial score (nSPS) is 14.2. The Morgan fingerprint density at radius 3 is 2.53 bits per heavy atom. The van der Waals surface area contributed by atoms with Crippen molar-refractivity contribution in [1.29, 1.82) is 0 Å². The fourth-order valence-electron chi connectivity index (χ4n) is 4.88. The molecule has 0 unspecified atom stereocenters. The van der Waals surface area contributed by atoms with Gasteiger partial charge in [0.25, 0.3) is 17.7 Å². The summed E-state index contributed by atoms with van der Waals surface area (Å²) in [5.41, 5.74) is 5.10. The molecule has 2 aliphatic heterocycles. The smallest absolute Gasteiger partial charge is 0.261 e. The number of benzene rings is 3. The highest BCUT2D eigenvalue weighted by Crippen LogP contribution is 2.31. The van der Waals surface area contributed by atoms with Gasteiger partial charge in [0.1, 0.15) is 5.76 Å². The number of fused-ring (bicyclic) bond motifs is 2. The van der Waals surface area contributed by atoms with Crippen LogP contribution in [0.3, 0.4) is 0 Å². The van der Waals surface area contributed by atoms with Crippen LogP contribution < -0.4 is 10.2 Å². The van der Waals surface area contributed by atoms with E-state index in [1.165, 1.54) is 23.6 Å². The van der Waals surface area contributed by atoms with E-state index in [4.69, 9.17) is 4.42 Å². The third kappa shape index (κ3) is 3.84. The van der Waals surface area contributed by atoms with Gasteiger partial charge in [-0.3, -0.25) is 19.3 Å². The summed E-state index contributed by atoms with van der Waals surface area (Å²) >= 11 is 0. The van der Waals surface area contributed by atoms with Crippen LogP contribution in [-0.2, 0) is 19.5 Å². The summed E-state index contributed by atoms with van der Waals surface area (Å²) in [6.07, 6.45) is 2.50. The average Bonchev–Trinajstić information content (AvgIpc) is 3.62. The number of hydrogen-bond acceptors (Lipinski definition) is 5. The van der Waals surface area contributed by atoms with Gasteiger partial charge in [0.05, 0.1) is 23.9 Å². The van der Waals surface area contributed by atoms with Gasteiger partial charge < -0.3 is 14.6 Å². The molecule has 1 aromatic heterocycles. The van der Waals surface area contributed by atoms with Crippen molar-refractivity contribution in [3.8, 4) is 0 Å². The van der Waals surface area contributed by atoms with Gasteiger partial charge in [0.15, 0.2) is 0 Å². The number of para-hydroxylation sites is 2. The first-order valence-electron chi connectivity index (χ1n) is 11.8. The molecule has 36 heavy (non-hydrogen) atoms. The van der Waals surface area contributed by atoms with Gasteiger partial charge in [0.2, 0.25) is 0 Å². The highest BCUT2D eigenvalue weighted by molar-refractivity contribution is 6.22. The molecule has 178 valence electrons. The standard InChI is InChI=1S/C29H23N3O4/c33-27(20-11-12-23-24(16-20)29(35)32(28(23)34)18-22-8-5-15-36-22)30-25-9-3-1-7-21(25)17-31-14-13-19-6-2-4-10-26(19)31/h1-12,15-16H,13-14,17-18H2,(H,30,33). The number of hydrogen-bond donors (Lipinski definition) is 1. The van der Waals surface area contributed by atoms with Gasteiger partial charge in [-0.15, -0.1) is 0 Å². The molecular weight excluding hydrogens is 454 g/mol. The summed E-state index contributed by atoms with van der Waals surface area (Å²) in [5.74, 6) is -0.653. The zero-order valence-corrected chi connectivity index (χ0v) is 19.4. The van der Waals surface area contributed by atoms with E-state index in [1.54, 1.807) is 24.3 Å². The minimum atomic E-state index is -0.436. The molecule has 7 nitrogen and oxygen atoms in total. The molecule has 0 saturated heterocycles. The van der Waals surface area contributed by atoms with Crippen LogP contribution in [0.4, 0.5) is 11.4 Å². The number of amides is 3. The summed E-state index contributed by atoms with van der Waals surface area (Å²) in [5, 5.41) is 3.00. The third-order valence-corrected chi connectivity index (χ3v) is 6.74. The van der Waals surface area contributed by atoms with Gasteiger partial charge in [-0.2, -0.15) is 0 Å². The van der Waals surface area contributed by atoms with Gasteiger partial charge in [-0.05, 0) is 60.0 Å². The number of anilines is 2. The van der Waals surface area contributed by atoms with Crippen LogP contribution in [0.5, 0.6) is 0 Å². The van der Waals surface area contributed by atoms with Crippen LogP contribution in [-0.4, -0.2) is 29.2 Å². The lowest BCUT2D eigenvalue weighted by molar-refractivity contribution is 0.0631. The van der Waals surface area contributed by atoms with E-state index in [2.05, 4.69) is 28.4 Å². The number of rotatable bonds is 6. The molecular formula is C29H23N3O4. The SMILES string of the molecule is O=C(Nc1ccccc1CN1CCc2ccccc21)c1ccc2c(c1)C(=O)N(Cc1ccco1)C2=O. The van der Waals surface area contributed by atoms with Crippen LogP contribution in [0.1, 0.15) is 48.0 Å². The molecule has 0 radical (unpaired) electrons. The second kappa shape index (κ2) is 8.85. The summed E-state index contributed by atoms with van der Waals surface area (Å²) in [6, 6.07) is 24.1. The largest absolute Gasteiger partial charge is 0.467 e. The second-order valence-corrected chi connectivity index (χ2v) is 8.95. The zero-order valence-electron chi connectivity index (χ0n) is 19.4. The van der Waals surface area contributed by atoms with Crippen molar-refractivity contribution in [3.63, 3.8) is 0 Å². The summed E-state index contributed by atoms with van der Waals surface area (Å²) in [6.45, 7) is 1.65. The van der Waals surface area contributed by atoms with Gasteiger partial charge in [0, 0.05) is 30.0 Å². The van der Waals surface area contributed by atoms with E-state index in [1.807, 2.05) is 30.3 Å². The van der Waals surface area contributed by atoms with E-state index in [0.717, 1.165) is 23.4 Å². The molecule has 0 spiro atoms. The van der Waals surface area contributed by atoms with Crippen LogP contribution in [0.15, 0.2) is 89.5 Å². The predicted molar refractivity (Wildman–Crippen MR) is 135 cm³/mol. The zero-order chi connectivity index (χ0) is 24.6. The van der Waals surface area contributed by atoms with Crippen molar-refractivity contribution in [1.82, 2.24) is 4.90 Å². The molecule has 2 aliphatic rings. The second-order valence-electron chi connectivity index (χ2n) is 8.95. The minimum absolute atomic E-state index is 0.0495. The van der Waals surface area contributed by atoms with Gasteiger partial charge >= 0.3 is 0 Å². The molecule has 7 heteroatoms. The molecule has 6 rings (SSSR count). The first-order valence-corrected chi connectivity index (χ1v) is 11.8. The maximum atomic E-state index is 13.2. The van der Waals surface area contributed by atoms with Crippen molar-refractivity contribution in [2.75, 3.05) is 16.8 Å². The molecule has 4 aromatic rings. The first-order chi connectivity index (χ1) is 17.6. The number of furan rings is 1. The molecule has 0 fully saturated rings. The highest BCUT2D eigenvalue weighted by atomic mass is 16.3. The van der Waals surface area contributed by atoms with Crippen molar-refractivity contribution in [3.05, 3.63) is 119 Å². The number of nitrogens with one attached hydrogen (secondary N) is 1. The van der Waals surface area contributed by atoms with Gasteiger partial charge in [-0.25, -0.2) is 0 Å². The lowest BCUT2D eigenvalue weighted by atomic mass is 10.0. The van der Waals surface area contributed by atoms with Gasteiger partial charge in [-0.1, -0.05) is 36.4 Å². The minimum Gasteiger partial charge on any atom is -0.467 e. The van der Waals surface area contributed by atoms with Crippen molar-refractivity contribution >= 4 is 29.1 Å². The highest BCUT2D eigenvalue weighted by Gasteiger charge is 2.36. The van der Waals surface area contributed by atoms with Crippen molar-refractivity contribution in [2.24, 2.45) is 0 Å². The molecule has 1 N–H and O–H groups in total.